The Hall–Kier alpha value is -2.12. The van der Waals surface area contributed by atoms with Crippen LogP contribution in [0.1, 0.15) is 20.8 Å². The number of nitrogen functional groups attached to an aromatic ring is 1. The summed E-state index contributed by atoms with van der Waals surface area (Å²) in [6.45, 7) is 10.9. The number of pyridine rings is 2. The molecule has 0 fully saturated rings. The fraction of sp³-hybridized carbons (Fsp3) is 0.353. The molecule has 0 saturated carbocycles. The first kappa shape index (κ1) is 17.7. The van der Waals surface area contributed by atoms with Gasteiger partial charge < -0.3 is 10.3 Å². The molecule has 3 rings (SSSR count). The number of nitrogens with zero attached hydrogens (tertiary/aromatic N) is 4. The van der Waals surface area contributed by atoms with Gasteiger partial charge in [-0.3, -0.25) is 0 Å². The summed E-state index contributed by atoms with van der Waals surface area (Å²) in [6.07, 6.45) is 1.65. The number of hydrogen-bond acceptors (Lipinski definition) is 5. The Balaban J connectivity index is 2.26. The summed E-state index contributed by atoms with van der Waals surface area (Å²) in [7, 11) is -2.15. The van der Waals surface area contributed by atoms with Crippen molar-refractivity contribution in [3.63, 3.8) is 0 Å². The van der Waals surface area contributed by atoms with E-state index in [0.29, 0.717) is 33.5 Å². The number of rotatable bonds is 3. The number of anilines is 1. The van der Waals surface area contributed by atoms with Gasteiger partial charge in [0.15, 0.2) is 11.5 Å². The highest BCUT2D eigenvalue weighted by atomic mass is 35.5. The van der Waals surface area contributed by atoms with Crippen molar-refractivity contribution in [2.75, 3.05) is 5.73 Å². The third kappa shape index (κ3) is 3.21. The second-order valence-electron chi connectivity index (χ2n) is 7.49. The monoisotopic (exact) mass is 375 g/mol. The van der Waals surface area contributed by atoms with E-state index in [1.165, 1.54) is 0 Å². The summed E-state index contributed by atoms with van der Waals surface area (Å²) in [5, 5.41) is 0.401. The molecular weight excluding hydrogens is 354 g/mol. The average molecular weight is 376 g/mol. The molecule has 132 valence electrons. The summed E-state index contributed by atoms with van der Waals surface area (Å²) < 4.78 is 8.18. The van der Waals surface area contributed by atoms with Gasteiger partial charge in [-0.25, -0.2) is 15.0 Å². The van der Waals surface area contributed by atoms with Crippen LogP contribution in [-0.2, 0) is 0 Å². The van der Waals surface area contributed by atoms with Gasteiger partial charge in [0.05, 0.1) is 5.56 Å². The predicted octanol–water partition coefficient (Wildman–Crippen LogP) is 4.16. The molecule has 0 bridgehead atoms. The fourth-order valence-corrected chi connectivity index (χ4v) is 3.19. The van der Waals surface area contributed by atoms with E-state index in [1.54, 1.807) is 17.0 Å². The molecule has 25 heavy (non-hydrogen) atoms. The Kier molecular flexibility index (Phi) is 4.24. The molecule has 3 heterocycles. The normalized spacial score (nSPS) is 12.6. The quantitative estimate of drug-likeness (QED) is 0.549. The number of imidazole rings is 1. The molecule has 0 aliphatic heterocycles. The molecule has 0 aliphatic rings. The van der Waals surface area contributed by atoms with Crippen LogP contribution in [0.2, 0.25) is 23.3 Å². The van der Waals surface area contributed by atoms with Crippen LogP contribution in [0.3, 0.4) is 0 Å². The minimum Gasteiger partial charge on any atom is -0.466 e. The minimum absolute atomic E-state index is 0.0138. The average Bonchev–Trinajstić information content (AvgIpc) is 2.84. The van der Waals surface area contributed by atoms with Crippen molar-refractivity contribution in [2.45, 2.75) is 38.9 Å². The summed E-state index contributed by atoms with van der Waals surface area (Å²) in [5.41, 5.74) is 8.05. The zero-order valence-corrected chi connectivity index (χ0v) is 16.8. The standard InChI is InChI=1S/C17H22ClN5OSi/c1-17(2,3)25(4,5)24-23-15(11-7-6-10-20-14(11)19)21-12-8-9-13(18)22-16(12)23/h6-10H,1-5H3,(H2,19,20). The summed E-state index contributed by atoms with van der Waals surface area (Å²) in [4.78, 5) is 13.3. The molecule has 0 radical (unpaired) electrons. The SMILES string of the molecule is CC(C)(C)[Si](C)(C)On1c(-c2cccnc2N)nc2ccc(Cl)nc21. The van der Waals surface area contributed by atoms with Crippen molar-refractivity contribution >= 4 is 36.9 Å². The van der Waals surface area contributed by atoms with E-state index in [1.807, 2.05) is 18.2 Å². The zero-order chi connectivity index (χ0) is 18.4. The highest BCUT2D eigenvalue weighted by Crippen LogP contribution is 2.36. The van der Waals surface area contributed by atoms with Gasteiger partial charge in [0, 0.05) is 6.20 Å². The summed E-state index contributed by atoms with van der Waals surface area (Å²) >= 11 is 6.10. The number of nitrogens with two attached hydrogens (primary N) is 1. The van der Waals surface area contributed by atoms with Crippen molar-refractivity contribution in [3.05, 3.63) is 35.6 Å². The Morgan fingerprint density at radius 2 is 1.88 bits per heavy atom. The smallest absolute Gasteiger partial charge is 0.284 e. The number of halogens is 1. The Labute approximate surface area is 153 Å². The molecule has 6 nitrogen and oxygen atoms in total. The highest BCUT2D eigenvalue weighted by Gasteiger charge is 2.41. The van der Waals surface area contributed by atoms with E-state index in [0.717, 1.165) is 0 Å². The molecule has 0 atom stereocenters. The maximum Gasteiger partial charge on any atom is 0.284 e. The van der Waals surface area contributed by atoms with E-state index in [9.17, 15) is 0 Å². The lowest BCUT2D eigenvalue weighted by molar-refractivity contribution is 0.264. The first-order chi connectivity index (χ1) is 11.6. The van der Waals surface area contributed by atoms with Crippen LogP contribution in [0, 0.1) is 0 Å². The number of fused-ring (bicyclic) bond motifs is 1. The lowest BCUT2D eigenvalue weighted by Crippen LogP contribution is -2.48. The van der Waals surface area contributed by atoms with Gasteiger partial charge in [-0.1, -0.05) is 32.4 Å². The van der Waals surface area contributed by atoms with Gasteiger partial charge in [0.1, 0.15) is 16.5 Å². The minimum atomic E-state index is -2.15. The van der Waals surface area contributed by atoms with Crippen LogP contribution in [0.25, 0.3) is 22.6 Å². The van der Waals surface area contributed by atoms with Crippen LogP contribution >= 0.6 is 11.6 Å². The molecule has 2 N–H and O–H groups in total. The second kappa shape index (κ2) is 6.00. The molecule has 0 saturated heterocycles. The highest BCUT2D eigenvalue weighted by molar-refractivity contribution is 6.74. The lowest BCUT2D eigenvalue weighted by Gasteiger charge is -2.36. The van der Waals surface area contributed by atoms with Crippen LogP contribution in [0.15, 0.2) is 30.5 Å². The van der Waals surface area contributed by atoms with Crippen LogP contribution in [0.5, 0.6) is 0 Å². The molecule has 3 aromatic heterocycles. The van der Waals surface area contributed by atoms with Crippen molar-refractivity contribution in [2.24, 2.45) is 0 Å². The Morgan fingerprint density at radius 1 is 1.16 bits per heavy atom. The van der Waals surface area contributed by atoms with Crippen molar-refractivity contribution < 1.29 is 4.53 Å². The van der Waals surface area contributed by atoms with Gasteiger partial charge >= 0.3 is 0 Å². The molecule has 0 unspecified atom stereocenters. The predicted molar refractivity (Wildman–Crippen MR) is 104 cm³/mol. The van der Waals surface area contributed by atoms with E-state index < -0.39 is 8.32 Å². The Bertz CT molecular complexity index is 932. The molecule has 0 amide bonds. The largest absolute Gasteiger partial charge is 0.466 e. The van der Waals surface area contributed by atoms with Crippen molar-refractivity contribution in [1.29, 1.82) is 0 Å². The molecule has 8 heteroatoms. The van der Waals surface area contributed by atoms with E-state index in [-0.39, 0.29) is 5.04 Å². The zero-order valence-electron chi connectivity index (χ0n) is 15.0. The number of aromatic nitrogens is 4. The van der Waals surface area contributed by atoms with Gasteiger partial charge in [0.25, 0.3) is 8.32 Å². The third-order valence-corrected chi connectivity index (χ3v) is 9.10. The van der Waals surface area contributed by atoms with Crippen molar-refractivity contribution in [3.8, 4) is 11.4 Å². The molecular formula is C17H22ClN5OSi. The molecule has 0 aromatic carbocycles. The lowest BCUT2D eigenvalue weighted by atomic mass is 10.2. The van der Waals surface area contributed by atoms with E-state index in [4.69, 9.17) is 21.9 Å². The number of hydrogen-bond donors (Lipinski definition) is 1. The van der Waals surface area contributed by atoms with Gasteiger partial charge in [-0.05, 0) is 42.4 Å². The first-order valence-electron chi connectivity index (χ1n) is 8.05. The van der Waals surface area contributed by atoms with Gasteiger partial charge in [-0.2, -0.15) is 4.73 Å². The summed E-state index contributed by atoms with van der Waals surface area (Å²) in [5.74, 6) is 0.976. The van der Waals surface area contributed by atoms with Crippen LogP contribution < -0.4 is 10.3 Å². The topological polar surface area (TPSA) is 78.9 Å². The summed E-state index contributed by atoms with van der Waals surface area (Å²) in [6, 6.07) is 7.23. The van der Waals surface area contributed by atoms with Crippen molar-refractivity contribution in [1.82, 2.24) is 19.7 Å². The van der Waals surface area contributed by atoms with Crippen LogP contribution in [0.4, 0.5) is 5.82 Å². The maximum atomic E-state index is 6.50. The fourth-order valence-electron chi connectivity index (χ4n) is 2.14. The maximum absolute atomic E-state index is 6.50. The van der Waals surface area contributed by atoms with E-state index in [2.05, 4.69) is 48.8 Å². The third-order valence-electron chi connectivity index (χ3n) is 4.64. The van der Waals surface area contributed by atoms with Gasteiger partial charge in [-0.15, -0.1) is 0 Å². The first-order valence-corrected chi connectivity index (χ1v) is 11.3. The van der Waals surface area contributed by atoms with E-state index >= 15 is 0 Å². The Morgan fingerprint density at radius 3 is 2.52 bits per heavy atom. The molecule has 3 aromatic rings. The molecule has 0 aliphatic carbocycles. The second-order valence-corrected chi connectivity index (χ2v) is 12.6. The van der Waals surface area contributed by atoms with Gasteiger partial charge in [0.2, 0.25) is 0 Å². The van der Waals surface area contributed by atoms with Crippen LogP contribution in [-0.4, -0.2) is 28.0 Å². The molecule has 0 spiro atoms.